The maximum Gasteiger partial charge on any atom is 0.134 e. The van der Waals surface area contributed by atoms with Crippen molar-refractivity contribution >= 4 is 17.6 Å². The zero-order valence-electron chi connectivity index (χ0n) is 12.5. The van der Waals surface area contributed by atoms with Crippen molar-refractivity contribution in [2.75, 3.05) is 12.4 Å². The molecule has 0 unspecified atom stereocenters. The third-order valence-electron chi connectivity index (χ3n) is 2.96. The van der Waals surface area contributed by atoms with E-state index in [1.807, 2.05) is 13.1 Å². The van der Waals surface area contributed by atoms with Crippen molar-refractivity contribution in [3.8, 4) is 0 Å². The van der Waals surface area contributed by atoms with Gasteiger partial charge in [0.15, 0.2) is 0 Å². The number of rotatable bonds is 5. The quantitative estimate of drug-likeness (QED) is 0.659. The fourth-order valence-corrected chi connectivity index (χ4v) is 2.71. The maximum absolute atomic E-state index is 4.63. The molecule has 2 rings (SSSR count). The summed E-state index contributed by atoms with van der Waals surface area (Å²) in [6, 6.07) is 10.6. The topological polar surface area (TPSA) is 37.8 Å². The smallest absolute Gasteiger partial charge is 0.134 e. The van der Waals surface area contributed by atoms with Crippen molar-refractivity contribution in [3.05, 3.63) is 47.3 Å². The van der Waals surface area contributed by atoms with Crippen LogP contribution in [0.25, 0.3) is 0 Å². The van der Waals surface area contributed by atoms with Gasteiger partial charge in [-0.2, -0.15) is 0 Å². The van der Waals surface area contributed by atoms with E-state index < -0.39 is 0 Å². The van der Waals surface area contributed by atoms with Gasteiger partial charge >= 0.3 is 0 Å². The van der Waals surface area contributed by atoms with E-state index in [2.05, 4.69) is 60.3 Å². The molecule has 0 amide bonds. The van der Waals surface area contributed by atoms with E-state index >= 15 is 0 Å². The van der Waals surface area contributed by atoms with Gasteiger partial charge in [-0.25, -0.2) is 9.97 Å². The zero-order valence-corrected chi connectivity index (χ0v) is 13.3. The first-order valence-electron chi connectivity index (χ1n) is 6.83. The summed E-state index contributed by atoms with van der Waals surface area (Å²) in [6.45, 7) is 6.35. The lowest BCUT2D eigenvalue weighted by atomic mass is 10.2. The van der Waals surface area contributed by atoms with Crippen LogP contribution in [-0.4, -0.2) is 17.0 Å². The number of thioether (sulfide) groups is 1. The van der Waals surface area contributed by atoms with E-state index in [9.17, 15) is 0 Å². The molecule has 0 spiro atoms. The molecule has 0 atom stereocenters. The number of benzene rings is 1. The van der Waals surface area contributed by atoms with Gasteiger partial charge in [-0.15, -0.1) is 11.8 Å². The molecule has 0 aliphatic heterocycles. The Bertz CT molecular complexity index is 582. The minimum absolute atomic E-state index is 0.335. The van der Waals surface area contributed by atoms with Crippen molar-refractivity contribution in [3.63, 3.8) is 0 Å². The molecule has 1 N–H and O–H groups in total. The highest BCUT2D eigenvalue weighted by atomic mass is 32.2. The van der Waals surface area contributed by atoms with Crippen LogP contribution in [0.2, 0.25) is 0 Å². The largest absolute Gasteiger partial charge is 0.373 e. The van der Waals surface area contributed by atoms with E-state index in [0.717, 1.165) is 22.4 Å². The normalized spacial score (nSPS) is 10.8. The van der Waals surface area contributed by atoms with Crippen molar-refractivity contribution in [2.24, 2.45) is 0 Å². The number of aromatic nitrogens is 2. The summed E-state index contributed by atoms with van der Waals surface area (Å²) in [5.41, 5.74) is 2.62. The Morgan fingerprint density at radius 1 is 1.20 bits per heavy atom. The first kappa shape index (κ1) is 14.9. The summed E-state index contributed by atoms with van der Waals surface area (Å²) < 4.78 is 0. The number of anilines is 1. The number of nitrogens with zero attached hydrogens (tertiary/aromatic N) is 2. The van der Waals surface area contributed by atoms with Crippen LogP contribution in [-0.2, 0) is 5.75 Å². The van der Waals surface area contributed by atoms with Crippen molar-refractivity contribution in [1.82, 2.24) is 9.97 Å². The Kier molecular flexibility index (Phi) is 5.01. The minimum Gasteiger partial charge on any atom is -0.373 e. The van der Waals surface area contributed by atoms with Crippen LogP contribution in [0.5, 0.6) is 0 Å². The van der Waals surface area contributed by atoms with Crippen molar-refractivity contribution in [2.45, 2.75) is 37.5 Å². The van der Waals surface area contributed by atoms with Gasteiger partial charge in [-0.05, 0) is 12.5 Å². The lowest BCUT2D eigenvalue weighted by Crippen LogP contribution is -2.02. The lowest BCUT2D eigenvalue weighted by Gasteiger charge is -2.09. The number of hydrogen-bond acceptors (Lipinski definition) is 4. The van der Waals surface area contributed by atoms with Crippen molar-refractivity contribution in [1.29, 1.82) is 0 Å². The Labute approximate surface area is 125 Å². The van der Waals surface area contributed by atoms with E-state index in [1.165, 1.54) is 11.1 Å². The molecular formula is C16H21N3S. The first-order chi connectivity index (χ1) is 9.58. The molecule has 0 saturated heterocycles. The molecule has 1 aromatic heterocycles. The Morgan fingerprint density at radius 2 is 2.00 bits per heavy atom. The molecule has 0 saturated carbocycles. The van der Waals surface area contributed by atoms with Crippen LogP contribution < -0.4 is 5.32 Å². The second-order valence-corrected chi connectivity index (χ2v) is 6.13. The molecule has 0 aliphatic rings. The fourth-order valence-electron chi connectivity index (χ4n) is 1.86. The summed E-state index contributed by atoms with van der Waals surface area (Å²) in [4.78, 5) is 9.12. The van der Waals surface area contributed by atoms with E-state index in [4.69, 9.17) is 0 Å². The molecular weight excluding hydrogens is 266 g/mol. The van der Waals surface area contributed by atoms with Gasteiger partial charge in [0.1, 0.15) is 16.7 Å². The van der Waals surface area contributed by atoms with Crippen LogP contribution >= 0.6 is 11.8 Å². The zero-order chi connectivity index (χ0) is 14.5. The molecule has 4 heteroatoms. The first-order valence-corrected chi connectivity index (χ1v) is 7.82. The highest BCUT2D eigenvalue weighted by Crippen LogP contribution is 2.25. The van der Waals surface area contributed by atoms with E-state index in [0.29, 0.717) is 5.92 Å². The maximum atomic E-state index is 4.63. The van der Waals surface area contributed by atoms with Crippen LogP contribution in [0.1, 0.15) is 36.7 Å². The third kappa shape index (κ3) is 3.97. The molecule has 0 fully saturated rings. The highest BCUT2D eigenvalue weighted by Gasteiger charge is 2.08. The van der Waals surface area contributed by atoms with Crippen LogP contribution in [0.3, 0.4) is 0 Å². The van der Waals surface area contributed by atoms with Crippen LogP contribution in [0.4, 0.5) is 5.82 Å². The summed E-state index contributed by atoms with van der Waals surface area (Å²) in [6.07, 6.45) is 0. The number of aryl methyl sites for hydroxylation is 1. The van der Waals surface area contributed by atoms with E-state index in [1.54, 1.807) is 11.8 Å². The Balaban J connectivity index is 2.14. The van der Waals surface area contributed by atoms with Gasteiger partial charge in [-0.3, -0.25) is 0 Å². The Morgan fingerprint density at radius 3 is 2.65 bits per heavy atom. The van der Waals surface area contributed by atoms with E-state index in [-0.39, 0.29) is 0 Å². The monoisotopic (exact) mass is 287 g/mol. The van der Waals surface area contributed by atoms with Gasteiger partial charge in [0, 0.05) is 24.8 Å². The van der Waals surface area contributed by atoms with Gasteiger partial charge in [0.25, 0.3) is 0 Å². The summed E-state index contributed by atoms with van der Waals surface area (Å²) in [5.74, 6) is 3.04. The second kappa shape index (κ2) is 6.75. The van der Waals surface area contributed by atoms with Crippen LogP contribution in [0, 0.1) is 6.92 Å². The van der Waals surface area contributed by atoms with Gasteiger partial charge < -0.3 is 5.32 Å². The summed E-state index contributed by atoms with van der Waals surface area (Å²) in [5, 5.41) is 4.13. The fraction of sp³-hybridized carbons (Fsp3) is 0.375. The standard InChI is InChI=1S/C16H21N3S/c1-11(2)16-18-14(17-4)9-15(19-16)20-10-13-7-5-6-12(3)8-13/h5-9,11H,10H2,1-4H3,(H,17,18,19). The molecule has 1 heterocycles. The van der Waals surface area contributed by atoms with Crippen molar-refractivity contribution < 1.29 is 0 Å². The molecule has 0 radical (unpaired) electrons. The molecule has 106 valence electrons. The predicted molar refractivity (Wildman–Crippen MR) is 86.4 cm³/mol. The second-order valence-electron chi connectivity index (χ2n) is 5.13. The van der Waals surface area contributed by atoms with Crippen LogP contribution in [0.15, 0.2) is 35.4 Å². The summed E-state index contributed by atoms with van der Waals surface area (Å²) >= 11 is 1.75. The van der Waals surface area contributed by atoms with Gasteiger partial charge in [-0.1, -0.05) is 43.7 Å². The van der Waals surface area contributed by atoms with Gasteiger partial charge in [0.05, 0.1) is 0 Å². The SMILES string of the molecule is CNc1cc(SCc2cccc(C)c2)nc(C(C)C)n1. The minimum atomic E-state index is 0.335. The molecule has 20 heavy (non-hydrogen) atoms. The molecule has 2 aromatic rings. The molecule has 3 nitrogen and oxygen atoms in total. The number of nitrogens with one attached hydrogen (secondary N) is 1. The third-order valence-corrected chi connectivity index (χ3v) is 3.94. The Hall–Kier alpha value is -1.55. The average Bonchev–Trinajstić information content (AvgIpc) is 2.45. The highest BCUT2D eigenvalue weighted by molar-refractivity contribution is 7.98. The van der Waals surface area contributed by atoms with Gasteiger partial charge in [0.2, 0.25) is 0 Å². The summed E-state index contributed by atoms with van der Waals surface area (Å²) in [7, 11) is 1.89. The number of hydrogen-bond donors (Lipinski definition) is 1. The molecule has 1 aromatic carbocycles. The molecule has 0 aliphatic carbocycles. The average molecular weight is 287 g/mol. The predicted octanol–water partition coefficient (Wildman–Crippen LogP) is 4.24. The molecule has 0 bridgehead atoms. The lowest BCUT2D eigenvalue weighted by molar-refractivity contribution is 0.755.